The van der Waals surface area contributed by atoms with Gasteiger partial charge in [-0.05, 0) is 44.4 Å². The van der Waals surface area contributed by atoms with Crippen LogP contribution in [0.3, 0.4) is 0 Å². The quantitative estimate of drug-likeness (QED) is 0.126. The second-order valence-electron chi connectivity index (χ2n) is 12.7. The molecular formula is C27H46O16. The van der Waals surface area contributed by atoms with E-state index in [-0.39, 0.29) is 37.9 Å². The molecule has 0 aromatic heterocycles. The van der Waals surface area contributed by atoms with E-state index in [1.807, 2.05) is 0 Å². The SMILES string of the molecule is OC1CC(OC[C@H]2O[C@@H](O)[C@H](O)[C@@H](O)[C@@H]2O)C2CC(OC[C@H]3O[C@H](O)[C@H](O)[C@@H](O)[C@@H]3O)C(C3CCC(O)C(O)C3)OC2C1. The van der Waals surface area contributed by atoms with E-state index in [9.17, 15) is 56.2 Å². The van der Waals surface area contributed by atoms with Crippen molar-refractivity contribution in [1.29, 1.82) is 0 Å². The molecule has 5 fully saturated rings. The van der Waals surface area contributed by atoms with E-state index >= 15 is 0 Å². The van der Waals surface area contributed by atoms with Crippen molar-refractivity contribution in [2.75, 3.05) is 13.2 Å². The highest BCUT2D eigenvalue weighted by molar-refractivity contribution is 4.99. The minimum atomic E-state index is -1.74. The van der Waals surface area contributed by atoms with Gasteiger partial charge in [-0.2, -0.15) is 0 Å². The first-order valence-corrected chi connectivity index (χ1v) is 15.0. The van der Waals surface area contributed by atoms with Crippen LogP contribution < -0.4 is 0 Å². The maximum Gasteiger partial charge on any atom is 0.184 e. The zero-order valence-electron chi connectivity index (χ0n) is 23.6. The lowest BCUT2D eigenvalue weighted by Gasteiger charge is -2.51. The van der Waals surface area contributed by atoms with Gasteiger partial charge in [-0.3, -0.25) is 0 Å². The molecule has 0 spiro atoms. The molecule has 0 aromatic carbocycles. The average molecular weight is 627 g/mol. The van der Waals surface area contributed by atoms with E-state index in [0.29, 0.717) is 25.7 Å². The lowest BCUT2D eigenvalue weighted by Crippen LogP contribution is -2.60. The van der Waals surface area contributed by atoms with Crippen molar-refractivity contribution in [1.82, 2.24) is 0 Å². The van der Waals surface area contributed by atoms with Gasteiger partial charge in [0.1, 0.15) is 48.8 Å². The van der Waals surface area contributed by atoms with Crippen LogP contribution in [0.2, 0.25) is 0 Å². The summed E-state index contributed by atoms with van der Waals surface area (Å²) in [5, 5.41) is 111. The molecule has 2 saturated carbocycles. The lowest BCUT2D eigenvalue weighted by molar-refractivity contribution is -0.300. The van der Waals surface area contributed by atoms with E-state index in [1.165, 1.54) is 0 Å². The Bertz CT molecular complexity index is 899. The predicted octanol–water partition coefficient (Wildman–Crippen LogP) is -5.19. The monoisotopic (exact) mass is 626 g/mol. The fraction of sp³-hybridized carbons (Fsp3) is 1.00. The summed E-state index contributed by atoms with van der Waals surface area (Å²) >= 11 is 0. The lowest BCUT2D eigenvalue weighted by atomic mass is 9.72. The topological polar surface area (TPSA) is 269 Å². The Morgan fingerprint density at radius 1 is 0.512 bits per heavy atom. The van der Waals surface area contributed by atoms with Crippen LogP contribution in [0.4, 0.5) is 0 Å². The molecule has 3 saturated heterocycles. The summed E-state index contributed by atoms with van der Waals surface area (Å²) < 4.78 is 29.3. The third-order valence-corrected chi connectivity index (χ3v) is 9.78. The maximum absolute atomic E-state index is 10.7. The van der Waals surface area contributed by atoms with E-state index in [4.69, 9.17) is 23.7 Å². The van der Waals surface area contributed by atoms with Crippen LogP contribution in [0.1, 0.15) is 38.5 Å². The number of rotatable bonds is 7. The van der Waals surface area contributed by atoms with Crippen LogP contribution in [0.15, 0.2) is 0 Å². The molecule has 3 aliphatic heterocycles. The number of fused-ring (bicyclic) bond motifs is 1. The standard InChI is InChI=1S/C27H46O16/c28-10-4-14(39-7-17-19(31)21(33)23(35)26(37)42-17)11-6-16(40-8-18-20(32)22(34)24(36)27(38)43-18)25(41-15(11)5-10)9-1-2-12(29)13(30)3-9/h9-38H,1-8H2/t9?,10?,11?,12?,13?,14?,15?,16?,17-,18-,19-,20-,21+,22+,23-,24-,25?,26-,27+/m1/s1. The van der Waals surface area contributed by atoms with Gasteiger partial charge in [0.15, 0.2) is 12.6 Å². The summed E-state index contributed by atoms with van der Waals surface area (Å²) in [6, 6.07) is 0. The zero-order valence-corrected chi connectivity index (χ0v) is 23.6. The maximum atomic E-state index is 10.7. The highest BCUT2D eigenvalue weighted by Gasteiger charge is 2.51. The highest BCUT2D eigenvalue weighted by atomic mass is 16.7. The number of ether oxygens (including phenoxy) is 5. The van der Waals surface area contributed by atoms with Crippen molar-refractivity contribution in [3.63, 3.8) is 0 Å². The average Bonchev–Trinajstić information content (AvgIpc) is 2.98. The van der Waals surface area contributed by atoms with Crippen molar-refractivity contribution < 1.29 is 79.9 Å². The molecule has 11 N–H and O–H groups in total. The Kier molecular flexibility index (Phi) is 11.0. The molecule has 0 bridgehead atoms. The zero-order chi connectivity index (χ0) is 31.2. The molecule has 43 heavy (non-hydrogen) atoms. The van der Waals surface area contributed by atoms with Gasteiger partial charge in [0.05, 0.1) is 55.9 Å². The summed E-state index contributed by atoms with van der Waals surface area (Å²) in [5.74, 6) is -0.571. The summed E-state index contributed by atoms with van der Waals surface area (Å²) in [6.45, 7) is -0.555. The number of hydrogen-bond acceptors (Lipinski definition) is 16. The molecule has 0 aromatic rings. The first-order chi connectivity index (χ1) is 20.3. The van der Waals surface area contributed by atoms with Crippen LogP contribution >= 0.6 is 0 Å². The molecule has 3 heterocycles. The minimum absolute atomic E-state index is 0.202. The van der Waals surface area contributed by atoms with Gasteiger partial charge in [0, 0.05) is 5.92 Å². The number of aliphatic hydroxyl groups is 11. The molecule has 250 valence electrons. The fourth-order valence-corrected chi connectivity index (χ4v) is 7.18. The fourth-order valence-electron chi connectivity index (χ4n) is 7.18. The van der Waals surface area contributed by atoms with Gasteiger partial charge >= 0.3 is 0 Å². The van der Waals surface area contributed by atoms with Crippen molar-refractivity contribution in [2.45, 2.75) is 143 Å². The van der Waals surface area contributed by atoms with Crippen molar-refractivity contribution in [2.24, 2.45) is 11.8 Å². The molecule has 2 aliphatic carbocycles. The Labute approximate surface area is 248 Å². The van der Waals surface area contributed by atoms with Gasteiger partial charge in [-0.15, -0.1) is 0 Å². The van der Waals surface area contributed by atoms with E-state index in [1.54, 1.807) is 0 Å². The third-order valence-electron chi connectivity index (χ3n) is 9.78. The van der Waals surface area contributed by atoms with Crippen LogP contribution in [0.5, 0.6) is 0 Å². The van der Waals surface area contributed by atoms with Crippen molar-refractivity contribution in [3.05, 3.63) is 0 Å². The summed E-state index contributed by atoms with van der Waals surface area (Å²) in [7, 11) is 0. The van der Waals surface area contributed by atoms with E-state index in [0.717, 1.165) is 0 Å². The van der Waals surface area contributed by atoms with Gasteiger partial charge in [-0.1, -0.05) is 0 Å². The Morgan fingerprint density at radius 2 is 1.07 bits per heavy atom. The Hall–Kier alpha value is -0.640. The summed E-state index contributed by atoms with van der Waals surface area (Å²) in [4.78, 5) is 0. The third kappa shape index (κ3) is 7.20. The highest BCUT2D eigenvalue weighted by Crippen LogP contribution is 2.43. The molecule has 5 rings (SSSR count). The number of aliphatic hydroxyl groups excluding tert-OH is 11. The van der Waals surface area contributed by atoms with Gasteiger partial charge < -0.3 is 79.9 Å². The molecular weight excluding hydrogens is 580 g/mol. The van der Waals surface area contributed by atoms with Crippen molar-refractivity contribution >= 4 is 0 Å². The molecule has 19 atom stereocenters. The Morgan fingerprint density at radius 3 is 1.63 bits per heavy atom. The van der Waals surface area contributed by atoms with E-state index in [2.05, 4.69) is 0 Å². The van der Waals surface area contributed by atoms with E-state index < -0.39 is 104 Å². The second kappa shape index (κ2) is 14.0. The summed E-state index contributed by atoms with van der Waals surface area (Å²) in [6.07, 6.45) is -18.7. The smallest absolute Gasteiger partial charge is 0.184 e. The predicted molar refractivity (Wildman–Crippen MR) is 139 cm³/mol. The largest absolute Gasteiger partial charge is 0.393 e. The molecule has 16 heteroatoms. The van der Waals surface area contributed by atoms with Crippen LogP contribution in [0.25, 0.3) is 0 Å². The van der Waals surface area contributed by atoms with Crippen molar-refractivity contribution in [3.8, 4) is 0 Å². The molecule has 0 radical (unpaired) electrons. The first-order valence-electron chi connectivity index (χ1n) is 15.0. The van der Waals surface area contributed by atoms with Crippen LogP contribution in [0, 0.1) is 11.8 Å². The van der Waals surface area contributed by atoms with Crippen LogP contribution in [-0.4, -0.2) is 174 Å². The molecule has 16 nitrogen and oxygen atoms in total. The Balaban J connectivity index is 1.30. The first kappa shape index (κ1) is 33.7. The van der Waals surface area contributed by atoms with Gasteiger partial charge in [0.25, 0.3) is 0 Å². The van der Waals surface area contributed by atoms with Crippen LogP contribution in [-0.2, 0) is 23.7 Å². The molecule has 0 amide bonds. The summed E-state index contributed by atoms with van der Waals surface area (Å²) in [5.41, 5.74) is 0. The number of hydrogen-bond donors (Lipinski definition) is 11. The molecule has 9 unspecified atom stereocenters. The molecule has 5 aliphatic rings. The minimum Gasteiger partial charge on any atom is -0.393 e. The normalized spacial score (nSPS) is 54.6. The van der Waals surface area contributed by atoms with Gasteiger partial charge in [0.2, 0.25) is 0 Å². The van der Waals surface area contributed by atoms with Gasteiger partial charge in [-0.25, -0.2) is 0 Å². The second-order valence-corrected chi connectivity index (χ2v) is 12.7.